The summed E-state index contributed by atoms with van der Waals surface area (Å²) < 4.78 is 41.2. The number of nitrogens with two attached hydrogens (primary N) is 1. The second-order valence-electron chi connectivity index (χ2n) is 18.0. The lowest BCUT2D eigenvalue weighted by Gasteiger charge is -2.19. The average molecular weight is 907 g/mol. The maximum absolute atomic E-state index is 13.6. The first-order chi connectivity index (χ1) is 30.0. The van der Waals surface area contributed by atoms with Crippen LogP contribution in [0.1, 0.15) is 142 Å². The smallest absolute Gasteiger partial charge is 0.336 e. The summed E-state index contributed by atoms with van der Waals surface area (Å²) in [6.45, 7) is 15.4. The molecule has 1 aliphatic heterocycles. The Hall–Kier alpha value is -5.71. The fourth-order valence-electron chi connectivity index (χ4n) is 7.77. The standard InChI is InChI=1S/C47H66N6O10S/c1-29-30(2)41(31(3)36-28-47(7,8)63-40(29)36)64(60,61)53-45(48)51-27-17-20-37(52-38(54)21-11-9-12-22-39(55)62-46(4,5)6)43(57)50-26-16-10-15-25-49-42(56)34-23-24-35(44(58)59)33-19-14-13-18-32(33)34/h13-14,18-19,23-24,37H,9-12,15-17,20-22,25-28H2,1-8H3,(H,49,56)(H,50,57)(H,52,54)(H,58,59)(H3,48,51,53)/t37-/m0/s1. The summed E-state index contributed by atoms with van der Waals surface area (Å²) in [6.07, 6.45) is 5.07. The Morgan fingerprint density at radius 1 is 0.844 bits per heavy atom. The van der Waals surface area contributed by atoms with E-state index in [1.807, 2.05) is 20.8 Å². The van der Waals surface area contributed by atoms with E-state index in [0.29, 0.717) is 97.7 Å². The van der Waals surface area contributed by atoms with Gasteiger partial charge in [0.2, 0.25) is 17.8 Å². The molecule has 3 amide bonds. The minimum Gasteiger partial charge on any atom is -0.487 e. The highest BCUT2D eigenvalue weighted by atomic mass is 32.2. The highest BCUT2D eigenvalue weighted by Gasteiger charge is 2.37. The fraction of sp³-hybridized carbons (Fsp3) is 0.532. The van der Waals surface area contributed by atoms with Gasteiger partial charge in [-0.2, -0.15) is 0 Å². The average Bonchev–Trinajstić information content (AvgIpc) is 3.54. The van der Waals surface area contributed by atoms with Crippen molar-refractivity contribution in [1.29, 1.82) is 0 Å². The van der Waals surface area contributed by atoms with E-state index in [4.69, 9.17) is 15.2 Å². The maximum Gasteiger partial charge on any atom is 0.336 e. The number of carbonyl (C=O) groups excluding carboxylic acids is 4. The van der Waals surface area contributed by atoms with Gasteiger partial charge in [0.05, 0.1) is 10.5 Å². The number of fused-ring (bicyclic) bond motifs is 2. The maximum atomic E-state index is 13.6. The van der Waals surface area contributed by atoms with Crippen LogP contribution in [-0.2, 0) is 35.6 Å². The molecule has 3 aromatic rings. The van der Waals surface area contributed by atoms with Crippen molar-refractivity contribution in [3.63, 3.8) is 0 Å². The first kappa shape index (κ1) is 50.9. The van der Waals surface area contributed by atoms with Gasteiger partial charge in [-0.3, -0.25) is 24.2 Å². The van der Waals surface area contributed by atoms with E-state index in [1.54, 1.807) is 58.9 Å². The van der Waals surface area contributed by atoms with Crippen molar-refractivity contribution in [2.45, 2.75) is 148 Å². The first-order valence-electron chi connectivity index (χ1n) is 22.0. The molecule has 16 nitrogen and oxygen atoms in total. The molecule has 1 heterocycles. The summed E-state index contributed by atoms with van der Waals surface area (Å²) in [7, 11) is -4.11. The normalized spacial score (nSPS) is 14.0. The van der Waals surface area contributed by atoms with E-state index in [0.717, 1.165) is 11.1 Å². The lowest BCUT2D eigenvalue weighted by atomic mass is 9.94. The molecule has 0 fully saturated rings. The van der Waals surface area contributed by atoms with Crippen molar-refractivity contribution in [3.05, 3.63) is 69.8 Å². The second-order valence-corrected chi connectivity index (χ2v) is 19.6. The number of carboxylic acid groups (broad SMARTS) is 1. The first-order valence-corrected chi connectivity index (χ1v) is 23.5. The Balaban J connectivity index is 1.29. The number of hydrogen-bond donors (Lipinski definition) is 6. The van der Waals surface area contributed by atoms with Gasteiger partial charge >= 0.3 is 11.9 Å². The number of ether oxygens (including phenoxy) is 2. The van der Waals surface area contributed by atoms with Gasteiger partial charge in [-0.15, -0.1) is 0 Å². The summed E-state index contributed by atoms with van der Waals surface area (Å²) in [5.74, 6) is -1.97. The van der Waals surface area contributed by atoms with Gasteiger partial charge in [-0.05, 0) is 140 Å². The van der Waals surface area contributed by atoms with Gasteiger partial charge in [-0.1, -0.05) is 30.7 Å². The molecule has 0 bridgehead atoms. The van der Waals surface area contributed by atoms with Crippen LogP contribution in [0.15, 0.2) is 46.3 Å². The zero-order valence-corrected chi connectivity index (χ0v) is 39.3. The van der Waals surface area contributed by atoms with Crippen molar-refractivity contribution >= 4 is 56.4 Å². The number of aliphatic imine (C=N–C) groups is 1. The highest BCUT2D eigenvalue weighted by Crippen LogP contribution is 2.43. The van der Waals surface area contributed by atoms with E-state index in [9.17, 15) is 37.5 Å². The third-order valence-corrected chi connectivity index (χ3v) is 12.6. The fourth-order valence-corrected chi connectivity index (χ4v) is 9.29. The van der Waals surface area contributed by atoms with Crippen molar-refractivity contribution in [2.75, 3.05) is 19.6 Å². The number of benzene rings is 3. The van der Waals surface area contributed by atoms with Gasteiger partial charge in [0.15, 0.2) is 0 Å². The van der Waals surface area contributed by atoms with Gasteiger partial charge in [-0.25, -0.2) is 17.9 Å². The van der Waals surface area contributed by atoms with E-state index in [-0.39, 0.29) is 65.9 Å². The summed E-state index contributed by atoms with van der Waals surface area (Å²) >= 11 is 0. The van der Waals surface area contributed by atoms with Crippen molar-refractivity contribution < 1.29 is 47.0 Å². The third-order valence-electron chi connectivity index (χ3n) is 10.9. The molecule has 0 aromatic heterocycles. The molecule has 4 rings (SSSR count). The highest BCUT2D eigenvalue weighted by molar-refractivity contribution is 7.90. The molecule has 1 aliphatic rings. The number of rotatable bonds is 22. The third kappa shape index (κ3) is 14.4. The van der Waals surface area contributed by atoms with E-state index in [1.165, 1.54) is 12.1 Å². The topological polar surface area (TPSA) is 245 Å². The minimum atomic E-state index is -4.11. The largest absolute Gasteiger partial charge is 0.487 e. The summed E-state index contributed by atoms with van der Waals surface area (Å²) in [6, 6.07) is 8.90. The number of nitrogens with zero attached hydrogens (tertiary/aromatic N) is 1. The quantitative estimate of drug-likeness (QED) is 0.0294. The van der Waals surface area contributed by atoms with Crippen molar-refractivity contribution in [1.82, 2.24) is 20.7 Å². The Morgan fingerprint density at radius 3 is 2.11 bits per heavy atom. The second kappa shape index (κ2) is 22.3. The summed E-state index contributed by atoms with van der Waals surface area (Å²) in [4.78, 5) is 67.5. The van der Waals surface area contributed by atoms with Crippen LogP contribution in [0, 0.1) is 20.8 Å². The molecule has 64 heavy (non-hydrogen) atoms. The summed E-state index contributed by atoms with van der Waals surface area (Å²) in [5.41, 5.74) is 8.31. The van der Waals surface area contributed by atoms with Crippen LogP contribution in [0.5, 0.6) is 5.75 Å². The molecule has 350 valence electrons. The van der Waals surface area contributed by atoms with Crippen LogP contribution in [0.2, 0.25) is 0 Å². The Labute approximate surface area is 377 Å². The Bertz CT molecular complexity index is 2350. The van der Waals surface area contributed by atoms with Crippen LogP contribution >= 0.6 is 0 Å². The van der Waals surface area contributed by atoms with E-state index in [2.05, 4.69) is 25.7 Å². The van der Waals surface area contributed by atoms with Crippen LogP contribution in [0.3, 0.4) is 0 Å². The molecule has 0 radical (unpaired) electrons. The number of amides is 3. The van der Waals surface area contributed by atoms with Gasteiger partial charge in [0.1, 0.15) is 23.0 Å². The molecular formula is C47H66N6O10S. The minimum absolute atomic E-state index is 0.0765. The number of esters is 1. The van der Waals surface area contributed by atoms with Crippen LogP contribution < -0.4 is 31.1 Å². The molecule has 0 aliphatic carbocycles. The molecule has 3 aromatic carbocycles. The molecular weight excluding hydrogens is 841 g/mol. The number of nitrogens with one attached hydrogen (secondary N) is 4. The van der Waals surface area contributed by atoms with Gasteiger partial charge in [0.25, 0.3) is 15.9 Å². The van der Waals surface area contributed by atoms with E-state index >= 15 is 0 Å². The Morgan fingerprint density at radius 2 is 1.45 bits per heavy atom. The van der Waals surface area contributed by atoms with Crippen LogP contribution in [-0.4, -0.2) is 86.0 Å². The van der Waals surface area contributed by atoms with Crippen LogP contribution in [0.4, 0.5) is 0 Å². The van der Waals surface area contributed by atoms with E-state index < -0.39 is 33.2 Å². The summed E-state index contributed by atoms with van der Waals surface area (Å²) in [5, 5.41) is 19.2. The number of carboxylic acids is 1. The molecule has 0 saturated carbocycles. The van der Waals surface area contributed by atoms with Crippen molar-refractivity contribution in [2.24, 2.45) is 10.7 Å². The number of sulfonamides is 1. The molecule has 0 saturated heterocycles. The number of unbranched alkanes of at least 4 members (excludes halogenated alkanes) is 4. The SMILES string of the molecule is Cc1c(C)c(S(=O)(=O)NC(N)=NCCC[C@H](NC(=O)CCCCCC(=O)OC(C)(C)C)C(=O)NCCCCCNC(=O)c2ccc(C(=O)O)c3ccccc23)c(C)c2c1OC(C)(C)C2. The Kier molecular flexibility index (Phi) is 17.7. The number of hydrogen-bond acceptors (Lipinski definition) is 10. The van der Waals surface area contributed by atoms with Gasteiger partial charge in [0, 0.05) is 50.0 Å². The monoisotopic (exact) mass is 906 g/mol. The van der Waals surface area contributed by atoms with Crippen molar-refractivity contribution in [3.8, 4) is 5.75 Å². The molecule has 7 N–H and O–H groups in total. The molecule has 1 atom stereocenters. The molecule has 0 spiro atoms. The zero-order valence-electron chi connectivity index (χ0n) is 38.5. The predicted octanol–water partition coefficient (Wildman–Crippen LogP) is 6.04. The number of carbonyl (C=O) groups is 5. The lowest BCUT2D eigenvalue weighted by molar-refractivity contribution is -0.154. The zero-order chi connectivity index (χ0) is 47.4. The van der Waals surface area contributed by atoms with Gasteiger partial charge < -0.3 is 36.3 Å². The predicted molar refractivity (Wildman–Crippen MR) is 246 cm³/mol. The number of guanidine groups is 1. The molecule has 17 heteroatoms. The van der Waals surface area contributed by atoms with Crippen LogP contribution in [0.25, 0.3) is 10.8 Å². The lowest BCUT2D eigenvalue weighted by Crippen LogP contribution is -2.47. The molecule has 0 unspecified atom stereocenters. The number of aromatic carboxylic acids is 1.